The van der Waals surface area contributed by atoms with Crippen molar-refractivity contribution in [1.29, 1.82) is 0 Å². The molecule has 2 amide bonds. The zero-order chi connectivity index (χ0) is 17.4. The molecule has 7 nitrogen and oxygen atoms in total. The highest BCUT2D eigenvalue weighted by molar-refractivity contribution is 5.89. The summed E-state index contributed by atoms with van der Waals surface area (Å²) >= 11 is 0. The summed E-state index contributed by atoms with van der Waals surface area (Å²) in [5, 5.41) is 19.2. The number of likely N-dealkylation sites (tertiary alicyclic amines) is 1. The molecule has 1 aliphatic rings. The standard InChI is InChI=1S/C17H31N5O2/c1-14(2)10-15(13-23)19-17(24)20-16-11-18-22(12-16)9-8-21-6-4-3-5-7-21/h11-12,14-15,23H,3-10,13H2,1-2H3,(H2,19,20,24). The number of piperidine rings is 1. The number of hydrogen-bond donors (Lipinski definition) is 3. The maximum Gasteiger partial charge on any atom is 0.319 e. The molecule has 24 heavy (non-hydrogen) atoms. The lowest BCUT2D eigenvalue weighted by Gasteiger charge is -2.26. The number of nitrogens with one attached hydrogen (secondary N) is 2. The molecule has 0 saturated carbocycles. The molecule has 1 aromatic rings. The van der Waals surface area contributed by atoms with E-state index in [9.17, 15) is 9.90 Å². The molecule has 2 rings (SSSR count). The molecule has 0 radical (unpaired) electrons. The van der Waals surface area contributed by atoms with E-state index in [4.69, 9.17) is 0 Å². The fourth-order valence-electron chi connectivity index (χ4n) is 3.08. The van der Waals surface area contributed by atoms with Gasteiger partial charge in [-0.2, -0.15) is 5.10 Å². The van der Waals surface area contributed by atoms with E-state index in [-0.39, 0.29) is 18.7 Å². The summed E-state index contributed by atoms with van der Waals surface area (Å²) in [5.41, 5.74) is 0.674. The number of aliphatic hydroxyl groups excluding tert-OH is 1. The highest BCUT2D eigenvalue weighted by atomic mass is 16.3. The van der Waals surface area contributed by atoms with Crippen LogP contribution >= 0.6 is 0 Å². The van der Waals surface area contributed by atoms with Crippen LogP contribution in [0.5, 0.6) is 0 Å². The van der Waals surface area contributed by atoms with E-state index in [1.54, 1.807) is 6.20 Å². The summed E-state index contributed by atoms with van der Waals surface area (Å²) in [6, 6.07) is -0.524. The molecule has 1 unspecified atom stereocenters. The van der Waals surface area contributed by atoms with E-state index in [2.05, 4.69) is 34.5 Å². The summed E-state index contributed by atoms with van der Waals surface area (Å²) < 4.78 is 1.86. The molecule has 136 valence electrons. The van der Waals surface area contributed by atoms with E-state index in [1.807, 2.05) is 10.9 Å². The SMILES string of the molecule is CC(C)CC(CO)NC(=O)Nc1cnn(CCN2CCCCC2)c1. The molecule has 1 saturated heterocycles. The van der Waals surface area contributed by atoms with Gasteiger partial charge in [0.2, 0.25) is 0 Å². The third kappa shape index (κ3) is 6.49. The molecule has 0 aromatic carbocycles. The van der Waals surface area contributed by atoms with Crippen LogP contribution in [0, 0.1) is 5.92 Å². The molecule has 3 N–H and O–H groups in total. The Morgan fingerprint density at radius 3 is 2.71 bits per heavy atom. The zero-order valence-corrected chi connectivity index (χ0v) is 14.9. The average Bonchev–Trinajstić information content (AvgIpc) is 3.00. The number of anilines is 1. The molecular formula is C17H31N5O2. The van der Waals surface area contributed by atoms with Gasteiger partial charge in [-0.25, -0.2) is 4.79 Å². The Balaban J connectivity index is 1.74. The number of carbonyl (C=O) groups excluding carboxylic acids is 1. The van der Waals surface area contributed by atoms with Gasteiger partial charge >= 0.3 is 6.03 Å². The Bertz CT molecular complexity index is 497. The summed E-state index contributed by atoms with van der Waals surface area (Å²) in [5.74, 6) is 0.417. The lowest BCUT2D eigenvalue weighted by Crippen LogP contribution is -2.40. The molecule has 1 atom stereocenters. The topological polar surface area (TPSA) is 82.4 Å². The predicted octanol–water partition coefficient (Wildman–Crippen LogP) is 1.90. The molecular weight excluding hydrogens is 306 g/mol. The molecule has 0 spiro atoms. The van der Waals surface area contributed by atoms with Gasteiger partial charge in [0.1, 0.15) is 0 Å². The van der Waals surface area contributed by atoms with Crippen molar-refractivity contribution >= 4 is 11.7 Å². The maximum absolute atomic E-state index is 12.0. The van der Waals surface area contributed by atoms with Crippen molar-refractivity contribution in [2.45, 2.75) is 52.1 Å². The van der Waals surface area contributed by atoms with Gasteiger partial charge in [-0.1, -0.05) is 20.3 Å². The van der Waals surface area contributed by atoms with Gasteiger partial charge in [0.25, 0.3) is 0 Å². The summed E-state index contributed by atoms with van der Waals surface area (Å²) in [7, 11) is 0. The Labute approximate surface area is 144 Å². The summed E-state index contributed by atoms with van der Waals surface area (Å²) in [4.78, 5) is 14.5. The van der Waals surface area contributed by atoms with Gasteiger partial charge in [0.05, 0.1) is 31.1 Å². The fraction of sp³-hybridized carbons (Fsp3) is 0.765. The molecule has 0 bridgehead atoms. The van der Waals surface area contributed by atoms with Crippen LogP contribution in [0.3, 0.4) is 0 Å². The molecule has 2 heterocycles. The van der Waals surface area contributed by atoms with Gasteiger partial charge in [-0.15, -0.1) is 0 Å². The Morgan fingerprint density at radius 1 is 1.29 bits per heavy atom. The quantitative estimate of drug-likeness (QED) is 0.677. The molecule has 1 aliphatic heterocycles. The van der Waals surface area contributed by atoms with Crippen LogP contribution in [0.25, 0.3) is 0 Å². The van der Waals surface area contributed by atoms with Crippen LogP contribution in [0.1, 0.15) is 39.5 Å². The second-order valence-electron chi connectivity index (χ2n) is 7.00. The minimum atomic E-state index is -0.301. The van der Waals surface area contributed by atoms with Crippen molar-refractivity contribution < 1.29 is 9.90 Å². The van der Waals surface area contributed by atoms with Crippen LogP contribution in [-0.4, -0.2) is 58.1 Å². The number of nitrogens with zero attached hydrogens (tertiary/aromatic N) is 3. The van der Waals surface area contributed by atoms with Crippen LogP contribution in [0.4, 0.5) is 10.5 Å². The van der Waals surface area contributed by atoms with Gasteiger partial charge in [0, 0.05) is 12.7 Å². The first-order valence-corrected chi connectivity index (χ1v) is 9.00. The van der Waals surface area contributed by atoms with E-state index >= 15 is 0 Å². The maximum atomic E-state index is 12.0. The number of amides is 2. The first kappa shape index (κ1) is 18.7. The lowest BCUT2D eigenvalue weighted by molar-refractivity contribution is 0.214. The lowest BCUT2D eigenvalue weighted by atomic mass is 10.0. The first-order valence-electron chi connectivity index (χ1n) is 9.00. The van der Waals surface area contributed by atoms with Crippen molar-refractivity contribution in [2.24, 2.45) is 5.92 Å². The van der Waals surface area contributed by atoms with E-state index < -0.39 is 0 Å². The van der Waals surface area contributed by atoms with Crippen LogP contribution in [0.2, 0.25) is 0 Å². The van der Waals surface area contributed by atoms with Crippen molar-refractivity contribution in [3.05, 3.63) is 12.4 Å². The van der Waals surface area contributed by atoms with Crippen LogP contribution < -0.4 is 10.6 Å². The fourth-order valence-corrected chi connectivity index (χ4v) is 3.08. The largest absolute Gasteiger partial charge is 0.394 e. The number of urea groups is 1. The van der Waals surface area contributed by atoms with Gasteiger partial charge in [-0.05, 0) is 38.3 Å². The number of aromatic nitrogens is 2. The third-order valence-electron chi connectivity index (χ3n) is 4.30. The third-order valence-corrected chi connectivity index (χ3v) is 4.30. The summed E-state index contributed by atoms with van der Waals surface area (Å²) in [6.07, 6.45) is 8.17. The highest BCUT2D eigenvalue weighted by Gasteiger charge is 2.14. The Morgan fingerprint density at radius 2 is 2.04 bits per heavy atom. The molecule has 1 aromatic heterocycles. The molecule has 0 aliphatic carbocycles. The van der Waals surface area contributed by atoms with Crippen molar-refractivity contribution in [1.82, 2.24) is 20.0 Å². The number of rotatable bonds is 8. The van der Waals surface area contributed by atoms with Gasteiger partial charge in [0.15, 0.2) is 0 Å². The smallest absolute Gasteiger partial charge is 0.319 e. The zero-order valence-electron chi connectivity index (χ0n) is 14.9. The molecule has 7 heteroatoms. The first-order chi connectivity index (χ1) is 11.6. The van der Waals surface area contributed by atoms with Crippen molar-refractivity contribution in [2.75, 3.05) is 31.6 Å². The summed E-state index contributed by atoms with van der Waals surface area (Å²) in [6.45, 7) is 8.24. The van der Waals surface area contributed by atoms with Gasteiger partial charge in [-0.3, -0.25) is 4.68 Å². The molecule has 1 fully saturated rings. The number of aliphatic hydroxyl groups is 1. The normalized spacial score (nSPS) is 17.0. The average molecular weight is 337 g/mol. The van der Waals surface area contributed by atoms with Crippen molar-refractivity contribution in [3.8, 4) is 0 Å². The van der Waals surface area contributed by atoms with Crippen molar-refractivity contribution in [3.63, 3.8) is 0 Å². The Hall–Kier alpha value is -1.60. The van der Waals surface area contributed by atoms with Gasteiger partial charge < -0.3 is 20.6 Å². The highest BCUT2D eigenvalue weighted by Crippen LogP contribution is 2.10. The minimum absolute atomic E-state index is 0.0549. The van der Waals surface area contributed by atoms with Crippen LogP contribution in [0.15, 0.2) is 12.4 Å². The second-order valence-corrected chi connectivity index (χ2v) is 7.00. The Kier molecular flexibility index (Phi) is 7.52. The predicted molar refractivity (Wildman–Crippen MR) is 95.0 cm³/mol. The monoisotopic (exact) mass is 337 g/mol. The number of carbonyl (C=O) groups is 1. The van der Waals surface area contributed by atoms with E-state index in [1.165, 1.54) is 32.4 Å². The van der Waals surface area contributed by atoms with E-state index in [0.717, 1.165) is 19.5 Å². The second kappa shape index (κ2) is 9.64. The van der Waals surface area contributed by atoms with Crippen LogP contribution in [-0.2, 0) is 6.54 Å². The number of hydrogen-bond acceptors (Lipinski definition) is 4. The minimum Gasteiger partial charge on any atom is -0.394 e. The van der Waals surface area contributed by atoms with E-state index in [0.29, 0.717) is 11.6 Å².